The minimum atomic E-state index is -0.248. The summed E-state index contributed by atoms with van der Waals surface area (Å²) in [4.78, 5) is 14.0. The van der Waals surface area contributed by atoms with Crippen LogP contribution in [0.2, 0.25) is 0 Å². The van der Waals surface area contributed by atoms with Gasteiger partial charge >= 0.3 is 0 Å². The van der Waals surface area contributed by atoms with E-state index in [9.17, 15) is 4.79 Å². The first kappa shape index (κ1) is 17.6. The molecule has 4 heteroatoms. The van der Waals surface area contributed by atoms with E-state index in [1.165, 1.54) is 0 Å². The van der Waals surface area contributed by atoms with Crippen LogP contribution in [0.25, 0.3) is 0 Å². The Hall–Kier alpha value is -2.17. The van der Waals surface area contributed by atoms with Gasteiger partial charge in [-0.1, -0.05) is 60.7 Å². The number of benzene rings is 1. The summed E-state index contributed by atoms with van der Waals surface area (Å²) in [6.45, 7) is 4.13. The number of likely N-dealkylation sites (N-methyl/N-ethyl adjacent to an activating group) is 1. The maximum Gasteiger partial charge on any atom is 0.236 e. The van der Waals surface area contributed by atoms with E-state index in [0.717, 1.165) is 11.1 Å². The van der Waals surface area contributed by atoms with Gasteiger partial charge in [0, 0.05) is 13.0 Å². The van der Waals surface area contributed by atoms with Crippen molar-refractivity contribution in [1.29, 1.82) is 0 Å². The Labute approximate surface area is 149 Å². The summed E-state index contributed by atoms with van der Waals surface area (Å²) in [5.41, 5.74) is 7.51. The second-order valence-corrected chi connectivity index (χ2v) is 7.17. The predicted octanol–water partition coefficient (Wildman–Crippen LogP) is 2.99. The Morgan fingerprint density at radius 1 is 1.28 bits per heavy atom. The van der Waals surface area contributed by atoms with Crippen LogP contribution < -0.4 is 5.73 Å². The van der Waals surface area contributed by atoms with Crippen LogP contribution in [-0.4, -0.2) is 36.1 Å². The molecule has 1 aromatic rings. The van der Waals surface area contributed by atoms with Gasteiger partial charge in [0.15, 0.2) is 0 Å². The molecule has 132 valence electrons. The van der Waals surface area contributed by atoms with Crippen LogP contribution in [0.15, 0.2) is 66.3 Å². The number of fused-ring (bicyclic) bond motifs is 1. The van der Waals surface area contributed by atoms with E-state index in [1.54, 1.807) is 4.90 Å². The first-order valence-electron chi connectivity index (χ1n) is 8.69. The maximum atomic E-state index is 12.2. The molecule has 1 aromatic carbocycles. The number of carbonyl (C=O) groups excluding carboxylic acids is 1. The lowest BCUT2D eigenvalue weighted by atomic mass is 9.84. The molecule has 25 heavy (non-hydrogen) atoms. The smallest absolute Gasteiger partial charge is 0.236 e. The Morgan fingerprint density at radius 3 is 2.68 bits per heavy atom. The van der Waals surface area contributed by atoms with Crippen LogP contribution in [0.5, 0.6) is 0 Å². The third-order valence-electron chi connectivity index (χ3n) is 4.79. The summed E-state index contributed by atoms with van der Waals surface area (Å²) in [5.74, 6) is 0.0995. The van der Waals surface area contributed by atoms with Crippen LogP contribution in [0.4, 0.5) is 0 Å². The number of amides is 1. The summed E-state index contributed by atoms with van der Waals surface area (Å²) >= 11 is 0. The summed E-state index contributed by atoms with van der Waals surface area (Å²) in [5, 5.41) is 0. The standard InChI is InChI=1S/C21H26N2O2/c1-21(2)12-11-16-13-17(9-10-18(16)25-21)20(23(3)19(24)14-22)15-7-5-4-6-8-15/h4-13,16,18,20H,14,22H2,1-3H3. The Kier molecular flexibility index (Phi) is 4.93. The fraction of sp³-hybridized carbons (Fsp3) is 0.381. The van der Waals surface area contributed by atoms with Crippen LogP contribution >= 0.6 is 0 Å². The molecule has 1 amide bonds. The highest BCUT2D eigenvalue weighted by Gasteiger charge is 2.33. The van der Waals surface area contributed by atoms with Gasteiger partial charge in [0.1, 0.15) is 0 Å². The van der Waals surface area contributed by atoms with Gasteiger partial charge in [0.2, 0.25) is 5.91 Å². The highest BCUT2D eigenvalue weighted by Crippen LogP contribution is 2.36. The number of rotatable bonds is 4. The van der Waals surface area contributed by atoms with Crippen molar-refractivity contribution in [3.8, 4) is 0 Å². The normalized spacial score (nSPS) is 25.0. The highest BCUT2D eigenvalue weighted by atomic mass is 16.5. The highest BCUT2D eigenvalue weighted by molar-refractivity contribution is 5.78. The third-order valence-corrected chi connectivity index (χ3v) is 4.79. The zero-order valence-corrected chi connectivity index (χ0v) is 15.1. The zero-order chi connectivity index (χ0) is 18.0. The van der Waals surface area contributed by atoms with Crippen LogP contribution in [0, 0.1) is 5.92 Å². The van der Waals surface area contributed by atoms with Crippen molar-refractivity contribution < 1.29 is 9.53 Å². The fourth-order valence-corrected chi connectivity index (χ4v) is 3.47. The lowest BCUT2D eigenvalue weighted by Crippen LogP contribution is -2.39. The van der Waals surface area contributed by atoms with E-state index >= 15 is 0 Å². The van der Waals surface area contributed by atoms with Gasteiger partial charge in [-0.25, -0.2) is 0 Å². The molecule has 4 nitrogen and oxygen atoms in total. The molecule has 0 saturated heterocycles. The van der Waals surface area contributed by atoms with E-state index in [2.05, 4.69) is 44.2 Å². The molecule has 0 fully saturated rings. The molecule has 2 aliphatic rings. The summed E-state index contributed by atoms with van der Waals surface area (Å²) in [6.07, 6.45) is 10.7. The number of nitrogens with zero attached hydrogens (tertiary/aromatic N) is 1. The molecule has 1 aliphatic carbocycles. The molecule has 1 aliphatic heterocycles. The zero-order valence-electron chi connectivity index (χ0n) is 15.1. The molecule has 2 N–H and O–H groups in total. The van der Waals surface area contributed by atoms with Gasteiger partial charge in [0.05, 0.1) is 24.3 Å². The predicted molar refractivity (Wildman–Crippen MR) is 99.8 cm³/mol. The van der Waals surface area contributed by atoms with Gasteiger partial charge in [0.25, 0.3) is 0 Å². The molecule has 0 saturated carbocycles. The number of nitrogens with two attached hydrogens (primary N) is 1. The maximum absolute atomic E-state index is 12.2. The second-order valence-electron chi connectivity index (χ2n) is 7.17. The van der Waals surface area contributed by atoms with Gasteiger partial charge < -0.3 is 15.4 Å². The summed E-state index contributed by atoms with van der Waals surface area (Å²) < 4.78 is 6.12. The van der Waals surface area contributed by atoms with E-state index in [4.69, 9.17) is 10.5 Å². The molecule has 0 aromatic heterocycles. The first-order chi connectivity index (χ1) is 11.9. The van der Waals surface area contributed by atoms with Gasteiger partial charge in [-0.05, 0) is 25.0 Å². The summed E-state index contributed by atoms with van der Waals surface area (Å²) in [7, 11) is 1.81. The summed E-state index contributed by atoms with van der Waals surface area (Å²) in [6, 6.07) is 9.89. The quantitative estimate of drug-likeness (QED) is 0.859. The van der Waals surface area contributed by atoms with Gasteiger partial charge in [-0.15, -0.1) is 0 Å². The van der Waals surface area contributed by atoms with Crippen molar-refractivity contribution in [3.05, 3.63) is 71.8 Å². The number of ether oxygens (including phenoxy) is 1. The monoisotopic (exact) mass is 338 g/mol. The van der Waals surface area contributed by atoms with Gasteiger partial charge in [-0.2, -0.15) is 0 Å². The van der Waals surface area contributed by atoms with Crippen molar-refractivity contribution in [1.82, 2.24) is 4.90 Å². The number of carbonyl (C=O) groups is 1. The minimum absolute atomic E-state index is 0.0000841. The molecular formula is C21H26N2O2. The average molecular weight is 338 g/mol. The van der Waals surface area contributed by atoms with Crippen molar-refractivity contribution in [3.63, 3.8) is 0 Å². The number of hydrogen-bond acceptors (Lipinski definition) is 3. The van der Waals surface area contributed by atoms with Crippen molar-refractivity contribution in [2.75, 3.05) is 13.6 Å². The van der Waals surface area contributed by atoms with E-state index in [1.807, 2.05) is 37.4 Å². The van der Waals surface area contributed by atoms with Crippen molar-refractivity contribution in [2.24, 2.45) is 11.7 Å². The molecule has 1 heterocycles. The molecule has 3 atom stereocenters. The van der Waals surface area contributed by atoms with Crippen LogP contribution in [0.1, 0.15) is 25.5 Å². The molecule has 0 radical (unpaired) electrons. The van der Waals surface area contributed by atoms with E-state index in [-0.39, 0.29) is 36.1 Å². The van der Waals surface area contributed by atoms with E-state index in [0.29, 0.717) is 0 Å². The lowest BCUT2D eigenvalue weighted by Gasteiger charge is -2.38. The average Bonchev–Trinajstić information content (AvgIpc) is 2.61. The Morgan fingerprint density at radius 2 is 2.00 bits per heavy atom. The SMILES string of the molecule is CN(C(=O)CN)C(C1=CC2C=CC(C)(C)OC2C=C1)c1ccccc1. The lowest BCUT2D eigenvalue weighted by molar-refractivity contribution is -0.129. The number of hydrogen-bond donors (Lipinski definition) is 1. The Bertz CT molecular complexity index is 719. The first-order valence-corrected chi connectivity index (χ1v) is 8.69. The van der Waals surface area contributed by atoms with Crippen LogP contribution in [0.3, 0.4) is 0 Å². The molecule has 3 rings (SSSR count). The topological polar surface area (TPSA) is 55.6 Å². The largest absolute Gasteiger partial charge is 0.363 e. The van der Waals surface area contributed by atoms with Gasteiger partial charge in [-0.3, -0.25) is 4.79 Å². The third kappa shape index (κ3) is 3.75. The Balaban J connectivity index is 1.96. The van der Waals surface area contributed by atoms with Crippen molar-refractivity contribution >= 4 is 5.91 Å². The molecule has 3 unspecified atom stereocenters. The van der Waals surface area contributed by atoms with Crippen molar-refractivity contribution in [2.45, 2.75) is 31.6 Å². The molecule has 0 bridgehead atoms. The van der Waals surface area contributed by atoms with Crippen LogP contribution in [-0.2, 0) is 9.53 Å². The second kappa shape index (κ2) is 6.98. The molecular weight excluding hydrogens is 312 g/mol. The minimum Gasteiger partial charge on any atom is -0.363 e. The van der Waals surface area contributed by atoms with E-state index < -0.39 is 0 Å². The fourth-order valence-electron chi connectivity index (χ4n) is 3.47. The molecule has 0 spiro atoms.